The third kappa shape index (κ3) is 4.52. The monoisotopic (exact) mass is 264 g/mol. The van der Waals surface area contributed by atoms with E-state index in [1.165, 1.54) is 0 Å². The lowest BCUT2D eigenvalue weighted by atomic mass is 10.1. The van der Waals surface area contributed by atoms with Gasteiger partial charge in [0.1, 0.15) is 5.82 Å². The van der Waals surface area contributed by atoms with E-state index in [-0.39, 0.29) is 11.9 Å². The molecule has 0 saturated heterocycles. The minimum Gasteiger partial charge on any atom is -0.349 e. The van der Waals surface area contributed by atoms with Gasteiger partial charge in [-0.15, -0.1) is 0 Å². The van der Waals surface area contributed by atoms with Crippen molar-refractivity contribution in [2.75, 3.05) is 5.43 Å². The summed E-state index contributed by atoms with van der Waals surface area (Å²) in [7, 11) is 0. The molecule has 1 aromatic heterocycles. The number of nitrogens with one attached hydrogen (secondary N) is 2. The molecular formula is C14H24N4O. The highest BCUT2D eigenvalue weighted by atomic mass is 16.1. The van der Waals surface area contributed by atoms with Crippen LogP contribution in [0.5, 0.6) is 0 Å². The molecule has 1 atom stereocenters. The molecule has 0 bridgehead atoms. The smallest absolute Gasteiger partial charge is 0.251 e. The van der Waals surface area contributed by atoms with Gasteiger partial charge < -0.3 is 10.7 Å². The molecule has 0 fully saturated rings. The number of carbonyl (C=O) groups is 1. The third-order valence-corrected chi connectivity index (χ3v) is 3.12. The van der Waals surface area contributed by atoms with Crippen LogP contribution in [0.15, 0.2) is 12.1 Å². The van der Waals surface area contributed by atoms with E-state index in [1.54, 1.807) is 6.07 Å². The first-order chi connectivity index (χ1) is 9.14. The maximum atomic E-state index is 12.2. The standard InChI is InChI=1S/C14H24N4O/c1-4-7-11(5-2)17-14(19)10-8-12(6-3)16-13(9-10)18-15/h8-9,11H,4-7,15H2,1-3H3,(H,16,18)(H,17,19). The average molecular weight is 264 g/mol. The molecule has 0 radical (unpaired) electrons. The molecule has 4 N–H and O–H groups in total. The largest absolute Gasteiger partial charge is 0.349 e. The first-order valence-corrected chi connectivity index (χ1v) is 6.92. The van der Waals surface area contributed by atoms with Crippen molar-refractivity contribution in [3.05, 3.63) is 23.4 Å². The minimum atomic E-state index is -0.0612. The van der Waals surface area contributed by atoms with Crippen LogP contribution in [-0.4, -0.2) is 16.9 Å². The number of nitrogens with zero attached hydrogens (tertiary/aromatic N) is 1. The number of nitrogens with two attached hydrogens (primary N) is 1. The van der Waals surface area contributed by atoms with Crippen LogP contribution < -0.4 is 16.6 Å². The molecule has 19 heavy (non-hydrogen) atoms. The van der Waals surface area contributed by atoms with Gasteiger partial charge in [-0.05, 0) is 31.4 Å². The van der Waals surface area contributed by atoms with Crippen molar-refractivity contribution < 1.29 is 4.79 Å². The second-order valence-corrected chi connectivity index (χ2v) is 4.60. The average Bonchev–Trinajstić information content (AvgIpc) is 2.45. The van der Waals surface area contributed by atoms with Gasteiger partial charge in [-0.25, -0.2) is 10.8 Å². The summed E-state index contributed by atoms with van der Waals surface area (Å²) in [5, 5.41) is 3.05. The predicted octanol–water partition coefficient (Wildman–Crippen LogP) is 2.24. The number of pyridine rings is 1. The van der Waals surface area contributed by atoms with E-state index in [0.717, 1.165) is 31.4 Å². The van der Waals surface area contributed by atoms with Crippen molar-refractivity contribution >= 4 is 11.7 Å². The lowest BCUT2D eigenvalue weighted by molar-refractivity contribution is 0.0933. The molecule has 1 aromatic rings. The van der Waals surface area contributed by atoms with Gasteiger partial charge in [-0.1, -0.05) is 27.2 Å². The first kappa shape index (κ1) is 15.4. The second kappa shape index (κ2) is 7.74. The van der Waals surface area contributed by atoms with Crippen LogP contribution in [0, 0.1) is 0 Å². The summed E-state index contributed by atoms with van der Waals surface area (Å²) in [6.07, 6.45) is 3.76. The molecular weight excluding hydrogens is 240 g/mol. The van der Waals surface area contributed by atoms with Gasteiger partial charge in [0.2, 0.25) is 0 Å². The topological polar surface area (TPSA) is 80.0 Å². The van der Waals surface area contributed by atoms with Crippen LogP contribution in [0.2, 0.25) is 0 Å². The molecule has 1 unspecified atom stereocenters. The number of anilines is 1. The first-order valence-electron chi connectivity index (χ1n) is 6.92. The van der Waals surface area contributed by atoms with Crippen molar-refractivity contribution in [1.29, 1.82) is 0 Å². The number of amides is 1. The third-order valence-electron chi connectivity index (χ3n) is 3.12. The normalized spacial score (nSPS) is 12.0. The Morgan fingerprint density at radius 2 is 2.11 bits per heavy atom. The van der Waals surface area contributed by atoms with E-state index in [4.69, 9.17) is 5.84 Å². The zero-order chi connectivity index (χ0) is 14.3. The molecule has 1 amide bonds. The summed E-state index contributed by atoms with van der Waals surface area (Å²) in [4.78, 5) is 16.5. The minimum absolute atomic E-state index is 0.0612. The van der Waals surface area contributed by atoms with Crippen molar-refractivity contribution in [3.63, 3.8) is 0 Å². The molecule has 1 heterocycles. The highest BCUT2D eigenvalue weighted by Crippen LogP contribution is 2.11. The Balaban J connectivity index is 2.86. The molecule has 0 spiro atoms. The fraction of sp³-hybridized carbons (Fsp3) is 0.571. The highest BCUT2D eigenvalue weighted by molar-refractivity contribution is 5.95. The molecule has 5 heteroatoms. The van der Waals surface area contributed by atoms with Crippen molar-refractivity contribution in [1.82, 2.24) is 10.3 Å². The summed E-state index contributed by atoms with van der Waals surface area (Å²) in [5.74, 6) is 5.83. The van der Waals surface area contributed by atoms with Crippen LogP contribution in [0.1, 0.15) is 56.1 Å². The van der Waals surface area contributed by atoms with Crippen molar-refractivity contribution in [2.45, 2.75) is 52.5 Å². The quantitative estimate of drug-likeness (QED) is 0.521. The van der Waals surface area contributed by atoms with Gasteiger partial charge in [0.25, 0.3) is 5.91 Å². The van der Waals surface area contributed by atoms with E-state index in [2.05, 4.69) is 29.6 Å². The fourth-order valence-corrected chi connectivity index (χ4v) is 1.97. The number of hydrogen-bond acceptors (Lipinski definition) is 4. The van der Waals surface area contributed by atoms with Crippen LogP contribution in [0.3, 0.4) is 0 Å². The second-order valence-electron chi connectivity index (χ2n) is 4.60. The van der Waals surface area contributed by atoms with E-state index >= 15 is 0 Å². The molecule has 106 valence electrons. The van der Waals surface area contributed by atoms with Gasteiger partial charge in [0.15, 0.2) is 0 Å². The molecule has 0 aliphatic heterocycles. The van der Waals surface area contributed by atoms with Crippen LogP contribution in [-0.2, 0) is 6.42 Å². The lowest BCUT2D eigenvalue weighted by Gasteiger charge is -2.16. The lowest BCUT2D eigenvalue weighted by Crippen LogP contribution is -2.34. The Morgan fingerprint density at radius 1 is 1.37 bits per heavy atom. The maximum absolute atomic E-state index is 12.2. The number of aromatic nitrogens is 1. The van der Waals surface area contributed by atoms with E-state index in [9.17, 15) is 4.79 Å². The van der Waals surface area contributed by atoms with Crippen LogP contribution in [0.25, 0.3) is 0 Å². The Hall–Kier alpha value is -1.62. The maximum Gasteiger partial charge on any atom is 0.251 e. The number of hydrazine groups is 1. The number of rotatable bonds is 7. The molecule has 5 nitrogen and oxygen atoms in total. The number of hydrogen-bond donors (Lipinski definition) is 3. The number of carbonyl (C=O) groups excluding carboxylic acids is 1. The highest BCUT2D eigenvalue weighted by Gasteiger charge is 2.13. The molecule has 0 aliphatic rings. The van der Waals surface area contributed by atoms with E-state index in [1.807, 2.05) is 13.0 Å². The number of aryl methyl sites for hydroxylation is 1. The zero-order valence-electron chi connectivity index (χ0n) is 12.0. The van der Waals surface area contributed by atoms with Crippen molar-refractivity contribution in [2.24, 2.45) is 5.84 Å². The summed E-state index contributed by atoms with van der Waals surface area (Å²) in [6, 6.07) is 3.71. The SMILES string of the molecule is CCCC(CC)NC(=O)c1cc(CC)nc(NN)c1. The molecule has 1 rings (SSSR count). The number of nitrogen functional groups attached to an aromatic ring is 1. The Kier molecular flexibility index (Phi) is 6.29. The van der Waals surface area contributed by atoms with E-state index in [0.29, 0.717) is 11.4 Å². The van der Waals surface area contributed by atoms with Gasteiger partial charge in [0, 0.05) is 17.3 Å². The van der Waals surface area contributed by atoms with Gasteiger partial charge in [0.05, 0.1) is 0 Å². The van der Waals surface area contributed by atoms with Gasteiger partial charge in [-0.2, -0.15) is 0 Å². The van der Waals surface area contributed by atoms with Crippen molar-refractivity contribution in [3.8, 4) is 0 Å². The Morgan fingerprint density at radius 3 is 2.63 bits per heavy atom. The van der Waals surface area contributed by atoms with Crippen LogP contribution in [0.4, 0.5) is 5.82 Å². The summed E-state index contributed by atoms with van der Waals surface area (Å²) < 4.78 is 0. The summed E-state index contributed by atoms with van der Waals surface area (Å²) in [5.41, 5.74) is 3.96. The summed E-state index contributed by atoms with van der Waals surface area (Å²) >= 11 is 0. The predicted molar refractivity (Wildman–Crippen MR) is 77.9 cm³/mol. The fourth-order valence-electron chi connectivity index (χ4n) is 1.97. The van der Waals surface area contributed by atoms with E-state index < -0.39 is 0 Å². The Labute approximate surface area is 115 Å². The van der Waals surface area contributed by atoms with Gasteiger partial charge >= 0.3 is 0 Å². The molecule has 0 aliphatic carbocycles. The zero-order valence-corrected chi connectivity index (χ0v) is 12.0. The van der Waals surface area contributed by atoms with Gasteiger partial charge in [-0.3, -0.25) is 4.79 Å². The molecule has 0 aromatic carbocycles. The van der Waals surface area contributed by atoms with Crippen LogP contribution >= 0.6 is 0 Å². The summed E-state index contributed by atoms with van der Waals surface area (Å²) in [6.45, 7) is 6.20. The molecule has 0 saturated carbocycles. The Bertz CT molecular complexity index is 398.